The lowest BCUT2D eigenvalue weighted by Gasteiger charge is -2.16. The highest BCUT2D eigenvalue weighted by molar-refractivity contribution is 5.29. The molecule has 0 radical (unpaired) electrons. The summed E-state index contributed by atoms with van der Waals surface area (Å²) in [6, 6.07) is 6.19. The van der Waals surface area contributed by atoms with Crippen LogP contribution < -0.4 is 10.1 Å². The van der Waals surface area contributed by atoms with Crippen molar-refractivity contribution in [3.05, 3.63) is 29.8 Å². The van der Waals surface area contributed by atoms with Crippen LogP contribution >= 0.6 is 0 Å². The molecular weight excluding hydrogens is 255 g/mol. The van der Waals surface area contributed by atoms with E-state index in [1.165, 1.54) is 25.0 Å². The van der Waals surface area contributed by atoms with Crippen molar-refractivity contribution >= 4 is 0 Å². The summed E-state index contributed by atoms with van der Waals surface area (Å²) in [5.41, 5.74) is 1.37. The van der Waals surface area contributed by atoms with Gasteiger partial charge < -0.3 is 10.1 Å². The first-order chi connectivity index (χ1) is 8.92. The predicted octanol–water partition coefficient (Wildman–Crippen LogP) is 3.52. The molecule has 2 rings (SSSR count). The van der Waals surface area contributed by atoms with Gasteiger partial charge in [-0.3, -0.25) is 0 Å². The van der Waals surface area contributed by atoms with E-state index in [-0.39, 0.29) is 5.75 Å². The monoisotopic (exact) mass is 273 g/mol. The van der Waals surface area contributed by atoms with Crippen LogP contribution in [0.15, 0.2) is 24.3 Å². The molecule has 5 heteroatoms. The van der Waals surface area contributed by atoms with E-state index in [1.54, 1.807) is 12.1 Å². The highest BCUT2D eigenvalue weighted by Crippen LogP contribution is 2.47. The van der Waals surface area contributed by atoms with Gasteiger partial charge in [0.1, 0.15) is 5.75 Å². The Kier molecular flexibility index (Phi) is 4.04. The molecule has 1 saturated carbocycles. The highest BCUT2D eigenvalue weighted by Gasteiger charge is 2.41. The molecule has 106 valence electrons. The largest absolute Gasteiger partial charge is 0.573 e. The van der Waals surface area contributed by atoms with E-state index in [4.69, 9.17) is 0 Å². The van der Waals surface area contributed by atoms with E-state index < -0.39 is 6.36 Å². The molecule has 0 unspecified atom stereocenters. The molecule has 1 aliphatic carbocycles. The van der Waals surface area contributed by atoms with E-state index in [1.807, 2.05) is 0 Å². The molecule has 0 aliphatic heterocycles. The lowest BCUT2D eigenvalue weighted by atomic mass is 9.96. The van der Waals surface area contributed by atoms with Crippen molar-refractivity contribution in [2.45, 2.75) is 32.5 Å². The minimum absolute atomic E-state index is 0.159. The number of benzene rings is 1. The SMILES string of the molecule is CCNCC1(Cc2ccc(OC(F)(F)F)cc2)CC1. The van der Waals surface area contributed by atoms with E-state index in [9.17, 15) is 13.2 Å². The summed E-state index contributed by atoms with van der Waals surface area (Å²) < 4.78 is 40.0. The Balaban J connectivity index is 1.92. The Morgan fingerprint density at radius 1 is 1.21 bits per heavy atom. The van der Waals surface area contributed by atoms with Gasteiger partial charge in [0.25, 0.3) is 0 Å². The Bertz CT molecular complexity index is 410. The zero-order valence-electron chi connectivity index (χ0n) is 10.9. The predicted molar refractivity (Wildman–Crippen MR) is 67.0 cm³/mol. The standard InChI is InChI=1S/C14H18F3NO/c1-2-18-10-13(7-8-13)9-11-3-5-12(6-4-11)19-14(15,16)17/h3-6,18H,2,7-10H2,1H3. The van der Waals surface area contributed by atoms with Crippen LogP contribution in [0.1, 0.15) is 25.3 Å². The molecular formula is C14H18F3NO. The highest BCUT2D eigenvalue weighted by atomic mass is 19.4. The lowest BCUT2D eigenvalue weighted by Crippen LogP contribution is -2.25. The molecule has 0 amide bonds. The van der Waals surface area contributed by atoms with Crippen molar-refractivity contribution in [1.82, 2.24) is 5.32 Å². The van der Waals surface area contributed by atoms with Crippen LogP contribution in [0.5, 0.6) is 5.75 Å². The molecule has 0 saturated heterocycles. The lowest BCUT2D eigenvalue weighted by molar-refractivity contribution is -0.274. The van der Waals surface area contributed by atoms with Gasteiger partial charge >= 0.3 is 6.36 Å². The number of ether oxygens (including phenoxy) is 1. The normalized spacial score (nSPS) is 17.3. The minimum atomic E-state index is -4.62. The van der Waals surface area contributed by atoms with Crippen LogP contribution in [-0.4, -0.2) is 19.5 Å². The molecule has 0 aromatic heterocycles. The third kappa shape index (κ3) is 4.42. The number of halogens is 3. The Morgan fingerprint density at radius 3 is 2.32 bits per heavy atom. The van der Waals surface area contributed by atoms with Crippen LogP contribution in [-0.2, 0) is 6.42 Å². The topological polar surface area (TPSA) is 21.3 Å². The fourth-order valence-electron chi connectivity index (χ4n) is 2.22. The Morgan fingerprint density at radius 2 is 1.84 bits per heavy atom. The van der Waals surface area contributed by atoms with E-state index in [0.29, 0.717) is 5.41 Å². The summed E-state index contributed by atoms with van der Waals surface area (Å²) in [6.45, 7) is 3.99. The zero-order valence-corrected chi connectivity index (χ0v) is 10.9. The Hall–Kier alpha value is -1.23. The second-order valence-electron chi connectivity index (χ2n) is 5.15. The molecule has 0 heterocycles. The van der Waals surface area contributed by atoms with Gasteiger partial charge in [0.2, 0.25) is 0 Å². The van der Waals surface area contributed by atoms with Crippen LogP contribution in [0, 0.1) is 5.41 Å². The van der Waals surface area contributed by atoms with Crippen molar-refractivity contribution in [3.63, 3.8) is 0 Å². The van der Waals surface area contributed by atoms with Crippen molar-refractivity contribution in [1.29, 1.82) is 0 Å². The van der Waals surface area contributed by atoms with E-state index >= 15 is 0 Å². The zero-order chi connectivity index (χ0) is 13.9. The second kappa shape index (κ2) is 5.41. The average molecular weight is 273 g/mol. The van der Waals surface area contributed by atoms with Gasteiger partial charge in [-0.15, -0.1) is 13.2 Å². The quantitative estimate of drug-likeness (QED) is 0.856. The van der Waals surface area contributed by atoms with Gasteiger partial charge in [-0.25, -0.2) is 0 Å². The van der Waals surface area contributed by atoms with Gasteiger partial charge in [-0.1, -0.05) is 19.1 Å². The summed E-state index contributed by atoms with van der Waals surface area (Å²) >= 11 is 0. The molecule has 1 aliphatic rings. The molecule has 1 aromatic rings. The minimum Gasteiger partial charge on any atom is -0.406 e. The fourth-order valence-corrected chi connectivity index (χ4v) is 2.22. The van der Waals surface area contributed by atoms with Crippen LogP contribution in [0.2, 0.25) is 0 Å². The number of hydrogen-bond acceptors (Lipinski definition) is 2. The Labute approximate surface area is 111 Å². The van der Waals surface area contributed by atoms with Crippen LogP contribution in [0.3, 0.4) is 0 Å². The van der Waals surface area contributed by atoms with Gasteiger partial charge in [-0.2, -0.15) is 0 Å². The summed E-state index contributed by atoms with van der Waals surface area (Å²) in [7, 11) is 0. The molecule has 2 nitrogen and oxygen atoms in total. The number of rotatable bonds is 6. The van der Waals surface area contributed by atoms with Crippen molar-refractivity contribution in [3.8, 4) is 5.75 Å². The fraction of sp³-hybridized carbons (Fsp3) is 0.571. The number of alkyl halides is 3. The third-order valence-electron chi connectivity index (χ3n) is 3.44. The van der Waals surface area contributed by atoms with Gasteiger partial charge in [0.15, 0.2) is 0 Å². The maximum absolute atomic E-state index is 12.0. The maximum atomic E-state index is 12.0. The smallest absolute Gasteiger partial charge is 0.406 e. The first-order valence-corrected chi connectivity index (χ1v) is 6.48. The van der Waals surface area contributed by atoms with Gasteiger partial charge in [0.05, 0.1) is 0 Å². The summed E-state index contributed by atoms with van der Waals surface area (Å²) in [5.74, 6) is -0.159. The number of hydrogen-bond donors (Lipinski definition) is 1. The first-order valence-electron chi connectivity index (χ1n) is 6.48. The van der Waals surface area contributed by atoms with Gasteiger partial charge in [0, 0.05) is 6.54 Å². The van der Waals surface area contributed by atoms with Crippen molar-refractivity contribution < 1.29 is 17.9 Å². The molecule has 1 fully saturated rings. The second-order valence-corrected chi connectivity index (χ2v) is 5.15. The van der Waals surface area contributed by atoms with E-state index in [0.717, 1.165) is 25.1 Å². The van der Waals surface area contributed by atoms with Crippen LogP contribution in [0.4, 0.5) is 13.2 Å². The molecule has 1 aromatic carbocycles. The summed E-state index contributed by atoms with van der Waals surface area (Å²) in [6.07, 6.45) is -1.35. The van der Waals surface area contributed by atoms with Crippen LogP contribution in [0.25, 0.3) is 0 Å². The van der Waals surface area contributed by atoms with Gasteiger partial charge in [-0.05, 0) is 48.9 Å². The maximum Gasteiger partial charge on any atom is 0.573 e. The number of nitrogens with one attached hydrogen (secondary N) is 1. The molecule has 19 heavy (non-hydrogen) atoms. The molecule has 0 spiro atoms. The van der Waals surface area contributed by atoms with Crippen molar-refractivity contribution in [2.24, 2.45) is 5.41 Å². The molecule has 1 N–H and O–H groups in total. The summed E-state index contributed by atoms with van der Waals surface area (Å²) in [5, 5.41) is 3.34. The molecule has 0 bridgehead atoms. The average Bonchev–Trinajstić information content (AvgIpc) is 3.08. The first kappa shape index (κ1) is 14.2. The van der Waals surface area contributed by atoms with E-state index in [2.05, 4.69) is 17.0 Å². The third-order valence-corrected chi connectivity index (χ3v) is 3.44. The van der Waals surface area contributed by atoms with Crippen molar-refractivity contribution in [2.75, 3.05) is 13.1 Å². The summed E-state index contributed by atoms with van der Waals surface area (Å²) in [4.78, 5) is 0. The molecule has 0 atom stereocenters.